The first-order valence-corrected chi connectivity index (χ1v) is 9.77. The van der Waals surface area contributed by atoms with Crippen LogP contribution in [0, 0.1) is 11.6 Å². The van der Waals surface area contributed by atoms with Crippen molar-refractivity contribution < 1.29 is 22.8 Å². The van der Waals surface area contributed by atoms with Crippen LogP contribution >= 0.6 is 0 Å². The molecule has 2 heterocycles. The van der Waals surface area contributed by atoms with E-state index in [1.54, 1.807) is 12.0 Å². The molecule has 1 atom stereocenters. The highest BCUT2D eigenvalue weighted by Crippen LogP contribution is 2.33. The van der Waals surface area contributed by atoms with Crippen molar-refractivity contribution in [3.8, 4) is 17.1 Å². The molecule has 1 aliphatic heterocycles. The number of methoxy groups -OCH3 is 1. The Balaban J connectivity index is 1.47. The van der Waals surface area contributed by atoms with Gasteiger partial charge in [0.15, 0.2) is 0 Å². The number of hydrogen-bond acceptors (Lipinski definition) is 5. The molecule has 1 aliphatic rings. The van der Waals surface area contributed by atoms with E-state index in [1.165, 1.54) is 6.07 Å². The summed E-state index contributed by atoms with van der Waals surface area (Å²) in [4.78, 5) is 18.9. The molecule has 0 bridgehead atoms. The minimum Gasteiger partial charge on any atom is -0.496 e. The van der Waals surface area contributed by atoms with Gasteiger partial charge in [0.25, 0.3) is 0 Å². The van der Waals surface area contributed by atoms with Gasteiger partial charge in [-0.15, -0.1) is 0 Å². The van der Waals surface area contributed by atoms with Crippen LogP contribution in [0.5, 0.6) is 5.75 Å². The number of aromatic nitrogens is 2. The molecule has 2 aromatic carbocycles. The second-order valence-electron chi connectivity index (χ2n) is 7.14. The highest BCUT2D eigenvalue weighted by atomic mass is 19.1. The average molecular weight is 413 g/mol. The number of para-hydroxylation sites is 1. The van der Waals surface area contributed by atoms with Crippen molar-refractivity contribution in [2.75, 3.05) is 13.7 Å². The number of ether oxygens (including phenoxy) is 1. The van der Waals surface area contributed by atoms with Crippen molar-refractivity contribution >= 4 is 5.91 Å². The van der Waals surface area contributed by atoms with E-state index in [0.717, 1.165) is 29.9 Å². The highest BCUT2D eigenvalue weighted by molar-refractivity contribution is 5.77. The van der Waals surface area contributed by atoms with E-state index >= 15 is 0 Å². The predicted octanol–water partition coefficient (Wildman–Crippen LogP) is 4.32. The van der Waals surface area contributed by atoms with Gasteiger partial charge in [-0.05, 0) is 43.0 Å². The van der Waals surface area contributed by atoms with Crippen LogP contribution in [-0.2, 0) is 11.2 Å². The fourth-order valence-corrected chi connectivity index (χ4v) is 3.77. The van der Waals surface area contributed by atoms with Gasteiger partial charge in [-0.2, -0.15) is 4.98 Å². The fraction of sp³-hybridized carbons (Fsp3) is 0.318. The van der Waals surface area contributed by atoms with Crippen LogP contribution in [0.2, 0.25) is 0 Å². The number of amides is 1. The van der Waals surface area contributed by atoms with Crippen LogP contribution in [0.3, 0.4) is 0 Å². The van der Waals surface area contributed by atoms with E-state index in [9.17, 15) is 13.6 Å². The third kappa shape index (κ3) is 4.03. The summed E-state index contributed by atoms with van der Waals surface area (Å²) in [5, 5.41) is 3.83. The van der Waals surface area contributed by atoms with Crippen molar-refractivity contribution in [1.82, 2.24) is 15.0 Å². The monoisotopic (exact) mass is 413 g/mol. The Bertz CT molecular complexity index is 1050. The van der Waals surface area contributed by atoms with Crippen LogP contribution in [0.4, 0.5) is 8.78 Å². The number of likely N-dealkylation sites (tertiary alicyclic amines) is 1. The minimum absolute atomic E-state index is 0.0175. The molecule has 156 valence electrons. The molecule has 8 heteroatoms. The van der Waals surface area contributed by atoms with E-state index in [2.05, 4.69) is 10.1 Å². The number of hydrogen-bond donors (Lipinski definition) is 0. The molecule has 0 radical (unpaired) electrons. The summed E-state index contributed by atoms with van der Waals surface area (Å²) in [7, 11) is 1.61. The molecular weight excluding hydrogens is 392 g/mol. The van der Waals surface area contributed by atoms with Gasteiger partial charge in [-0.25, -0.2) is 8.78 Å². The number of carbonyl (C=O) groups excluding carboxylic acids is 1. The highest BCUT2D eigenvalue weighted by Gasteiger charge is 2.34. The first-order chi connectivity index (χ1) is 14.6. The normalized spacial score (nSPS) is 16.1. The molecule has 1 saturated heterocycles. The predicted molar refractivity (Wildman–Crippen MR) is 105 cm³/mol. The zero-order chi connectivity index (χ0) is 21.1. The molecule has 0 spiro atoms. The molecular formula is C22H21F2N3O3. The average Bonchev–Trinajstić information content (AvgIpc) is 3.41. The minimum atomic E-state index is -0.765. The third-order valence-electron chi connectivity index (χ3n) is 5.27. The molecule has 0 saturated carbocycles. The Kier molecular flexibility index (Phi) is 5.74. The van der Waals surface area contributed by atoms with Gasteiger partial charge in [-0.3, -0.25) is 4.79 Å². The number of nitrogens with zero attached hydrogens (tertiary/aromatic N) is 3. The van der Waals surface area contributed by atoms with Crippen molar-refractivity contribution in [2.24, 2.45) is 0 Å². The lowest BCUT2D eigenvalue weighted by Crippen LogP contribution is -2.30. The van der Waals surface area contributed by atoms with Crippen molar-refractivity contribution in [3.63, 3.8) is 0 Å². The SMILES string of the molecule is COc1ccccc1CCC(=O)N1CCC[C@H]1c1nc(-c2ccc(F)cc2F)no1. The summed E-state index contributed by atoms with van der Waals surface area (Å²) in [6, 6.07) is 10.4. The fourth-order valence-electron chi connectivity index (χ4n) is 3.77. The second-order valence-corrected chi connectivity index (χ2v) is 7.14. The Labute approximate surface area is 172 Å². The lowest BCUT2D eigenvalue weighted by molar-refractivity contribution is -0.132. The largest absolute Gasteiger partial charge is 0.496 e. The van der Waals surface area contributed by atoms with Gasteiger partial charge in [-0.1, -0.05) is 23.4 Å². The summed E-state index contributed by atoms with van der Waals surface area (Å²) in [5.41, 5.74) is 1.02. The van der Waals surface area contributed by atoms with Gasteiger partial charge in [0, 0.05) is 19.0 Å². The lowest BCUT2D eigenvalue weighted by atomic mass is 10.1. The molecule has 6 nitrogen and oxygen atoms in total. The van der Waals surface area contributed by atoms with Crippen LogP contribution in [-0.4, -0.2) is 34.6 Å². The summed E-state index contributed by atoms with van der Waals surface area (Å²) >= 11 is 0. The van der Waals surface area contributed by atoms with Gasteiger partial charge in [0.2, 0.25) is 17.6 Å². The lowest BCUT2D eigenvalue weighted by Gasteiger charge is -2.22. The molecule has 0 aliphatic carbocycles. The molecule has 0 unspecified atom stereocenters. The van der Waals surface area contributed by atoms with E-state index in [-0.39, 0.29) is 29.2 Å². The number of carbonyl (C=O) groups is 1. The summed E-state index contributed by atoms with van der Waals surface area (Å²) in [6.07, 6.45) is 2.38. The zero-order valence-corrected chi connectivity index (χ0v) is 16.5. The van der Waals surface area contributed by atoms with Gasteiger partial charge in [0.1, 0.15) is 23.4 Å². The molecule has 1 fully saturated rings. The first-order valence-electron chi connectivity index (χ1n) is 9.77. The van der Waals surface area contributed by atoms with E-state index in [0.29, 0.717) is 25.8 Å². The number of aryl methyl sites for hydroxylation is 1. The van der Waals surface area contributed by atoms with Crippen molar-refractivity contribution in [2.45, 2.75) is 31.7 Å². The summed E-state index contributed by atoms with van der Waals surface area (Å²) in [5.74, 6) is -0.406. The Morgan fingerprint density at radius 2 is 2.10 bits per heavy atom. The van der Waals surface area contributed by atoms with Gasteiger partial charge < -0.3 is 14.2 Å². The van der Waals surface area contributed by atoms with Crippen molar-refractivity contribution in [3.05, 3.63) is 65.6 Å². The van der Waals surface area contributed by atoms with Crippen molar-refractivity contribution in [1.29, 1.82) is 0 Å². The Morgan fingerprint density at radius 3 is 2.90 bits per heavy atom. The van der Waals surface area contributed by atoms with E-state index in [1.807, 2.05) is 24.3 Å². The molecule has 1 amide bonds. The smallest absolute Gasteiger partial charge is 0.249 e. The number of benzene rings is 2. The number of halogens is 2. The van der Waals surface area contributed by atoms with Gasteiger partial charge >= 0.3 is 0 Å². The van der Waals surface area contributed by atoms with Crippen LogP contribution in [0.25, 0.3) is 11.4 Å². The van der Waals surface area contributed by atoms with Crippen LogP contribution in [0.15, 0.2) is 47.0 Å². The topological polar surface area (TPSA) is 68.5 Å². The second kappa shape index (κ2) is 8.61. The Morgan fingerprint density at radius 1 is 1.27 bits per heavy atom. The molecule has 0 N–H and O–H groups in total. The van der Waals surface area contributed by atoms with E-state index < -0.39 is 11.6 Å². The van der Waals surface area contributed by atoms with Gasteiger partial charge in [0.05, 0.1) is 12.7 Å². The Hall–Kier alpha value is -3.29. The summed E-state index contributed by atoms with van der Waals surface area (Å²) in [6.45, 7) is 0.595. The van der Waals surface area contributed by atoms with E-state index in [4.69, 9.17) is 9.26 Å². The first kappa shape index (κ1) is 20.0. The maximum atomic E-state index is 14.0. The third-order valence-corrected chi connectivity index (χ3v) is 5.27. The maximum Gasteiger partial charge on any atom is 0.249 e. The molecule has 1 aromatic heterocycles. The van der Waals surface area contributed by atoms with Crippen LogP contribution < -0.4 is 4.74 Å². The molecule has 3 aromatic rings. The maximum absolute atomic E-state index is 14.0. The zero-order valence-electron chi connectivity index (χ0n) is 16.5. The van der Waals surface area contributed by atoms with Crippen LogP contribution in [0.1, 0.15) is 36.8 Å². The molecule has 30 heavy (non-hydrogen) atoms. The number of rotatable bonds is 6. The quantitative estimate of drug-likeness (QED) is 0.602. The molecule has 4 rings (SSSR count). The summed E-state index contributed by atoms with van der Waals surface area (Å²) < 4.78 is 37.8. The standard InChI is InChI=1S/C22H21F2N3O3/c1-29-19-7-3-2-5-14(19)8-11-20(28)27-12-4-6-18(27)22-25-21(26-30-22)16-10-9-15(23)13-17(16)24/h2-3,5,7,9-10,13,18H,4,6,8,11-12H2,1H3/t18-/m0/s1.